The van der Waals surface area contributed by atoms with E-state index in [1.807, 2.05) is 24.1 Å². The Morgan fingerprint density at radius 2 is 2.29 bits per heavy atom. The lowest BCUT2D eigenvalue weighted by Crippen LogP contribution is -2.30. The summed E-state index contributed by atoms with van der Waals surface area (Å²) in [5.74, 6) is 2.01. The van der Waals surface area contributed by atoms with E-state index in [4.69, 9.17) is 9.26 Å². The highest BCUT2D eigenvalue weighted by atomic mass is 16.5. The summed E-state index contributed by atoms with van der Waals surface area (Å²) in [6.45, 7) is 4.38. The molecule has 24 heavy (non-hydrogen) atoms. The first-order valence-electron chi connectivity index (χ1n) is 8.12. The number of ether oxygens (including phenoxy) is 1. The normalized spacial score (nSPS) is 17.2. The van der Waals surface area contributed by atoms with Gasteiger partial charge in [-0.15, -0.1) is 0 Å². The third-order valence-electron chi connectivity index (χ3n) is 4.11. The second-order valence-electron chi connectivity index (χ2n) is 5.98. The summed E-state index contributed by atoms with van der Waals surface area (Å²) in [4.78, 5) is 18.8. The molecule has 3 rings (SSSR count). The van der Waals surface area contributed by atoms with Gasteiger partial charge in [0.15, 0.2) is 6.61 Å². The van der Waals surface area contributed by atoms with Crippen molar-refractivity contribution in [3.8, 4) is 5.75 Å². The average Bonchev–Trinajstić information content (AvgIpc) is 3.22. The van der Waals surface area contributed by atoms with Gasteiger partial charge < -0.3 is 19.5 Å². The molecule has 128 valence electrons. The zero-order valence-electron chi connectivity index (χ0n) is 14.0. The Balaban J connectivity index is 1.68. The number of carbonyl (C=O) groups excluding carboxylic acids is 1. The average molecular weight is 330 g/mol. The predicted octanol–water partition coefficient (Wildman–Crippen LogP) is 1.64. The van der Waals surface area contributed by atoms with Crippen LogP contribution < -0.4 is 10.1 Å². The lowest BCUT2D eigenvalue weighted by Gasteiger charge is -2.18. The maximum absolute atomic E-state index is 12.8. The maximum Gasteiger partial charge on any atom is 0.257 e. The summed E-state index contributed by atoms with van der Waals surface area (Å²) in [6, 6.07) is 7.28. The number of likely N-dealkylation sites (tertiary alicyclic amines) is 1. The van der Waals surface area contributed by atoms with E-state index in [0.717, 1.165) is 26.1 Å². The molecule has 1 aliphatic rings. The minimum absolute atomic E-state index is 0.00787. The van der Waals surface area contributed by atoms with Crippen LogP contribution >= 0.6 is 0 Å². The molecule has 1 saturated heterocycles. The SMILES string of the molecule is CNCC1CCN(C(=O)c2ccccc2OCc2noc(C)n2)C1. The van der Waals surface area contributed by atoms with Crippen LogP contribution in [0.25, 0.3) is 0 Å². The van der Waals surface area contributed by atoms with Crippen molar-refractivity contribution >= 4 is 5.91 Å². The summed E-state index contributed by atoms with van der Waals surface area (Å²) in [6.07, 6.45) is 1.03. The summed E-state index contributed by atoms with van der Waals surface area (Å²) in [5.41, 5.74) is 0.572. The van der Waals surface area contributed by atoms with E-state index in [1.165, 1.54) is 0 Å². The lowest BCUT2D eigenvalue weighted by atomic mass is 10.1. The quantitative estimate of drug-likeness (QED) is 0.867. The number of benzene rings is 1. The van der Waals surface area contributed by atoms with Crippen LogP contribution in [0.15, 0.2) is 28.8 Å². The summed E-state index contributed by atoms with van der Waals surface area (Å²) >= 11 is 0. The largest absolute Gasteiger partial charge is 0.485 e. The van der Waals surface area contributed by atoms with E-state index in [0.29, 0.717) is 28.9 Å². The van der Waals surface area contributed by atoms with Gasteiger partial charge in [0.1, 0.15) is 5.75 Å². The number of carbonyl (C=O) groups is 1. The first-order valence-corrected chi connectivity index (χ1v) is 8.12. The number of nitrogens with zero attached hydrogens (tertiary/aromatic N) is 3. The van der Waals surface area contributed by atoms with Crippen molar-refractivity contribution in [3.63, 3.8) is 0 Å². The number of hydrogen-bond donors (Lipinski definition) is 1. The van der Waals surface area contributed by atoms with Gasteiger partial charge in [-0.2, -0.15) is 4.98 Å². The zero-order chi connectivity index (χ0) is 16.9. The fourth-order valence-corrected chi connectivity index (χ4v) is 2.95. The number of nitrogens with one attached hydrogen (secondary N) is 1. The number of aromatic nitrogens is 2. The molecule has 1 atom stereocenters. The van der Waals surface area contributed by atoms with Gasteiger partial charge in [0.25, 0.3) is 5.91 Å². The maximum atomic E-state index is 12.8. The molecule has 0 aliphatic carbocycles. The van der Waals surface area contributed by atoms with Crippen molar-refractivity contribution in [2.24, 2.45) is 5.92 Å². The van der Waals surface area contributed by atoms with E-state index in [1.54, 1.807) is 19.1 Å². The third-order valence-corrected chi connectivity index (χ3v) is 4.11. The number of aryl methyl sites for hydroxylation is 1. The molecule has 7 heteroatoms. The van der Waals surface area contributed by atoms with Crippen LogP contribution in [0, 0.1) is 12.8 Å². The standard InChI is InChI=1S/C17H22N4O3/c1-12-19-16(20-24-12)11-23-15-6-4-3-5-14(15)17(22)21-8-7-13(10-21)9-18-2/h3-6,13,18H,7-11H2,1-2H3. The molecule has 1 fully saturated rings. The van der Waals surface area contributed by atoms with E-state index >= 15 is 0 Å². The first-order chi connectivity index (χ1) is 11.7. The molecule has 1 aromatic carbocycles. The summed E-state index contributed by atoms with van der Waals surface area (Å²) < 4.78 is 10.7. The number of rotatable bonds is 6. The Hall–Kier alpha value is -2.41. The van der Waals surface area contributed by atoms with Crippen molar-refractivity contribution in [1.29, 1.82) is 0 Å². The van der Waals surface area contributed by atoms with Gasteiger partial charge in [0.2, 0.25) is 11.7 Å². The molecular formula is C17H22N4O3. The van der Waals surface area contributed by atoms with Gasteiger partial charge in [-0.05, 0) is 38.1 Å². The van der Waals surface area contributed by atoms with Crippen molar-refractivity contribution in [2.75, 3.05) is 26.7 Å². The molecule has 1 aromatic heterocycles. The topological polar surface area (TPSA) is 80.5 Å². The predicted molar refractivity (Wildman–Crippen MR) is 87.7 cm³/mol. The molecule has 0 radical (unpaired) electrons. The second kappa shape index (κ2) is 7.44. The van der Waals surface area contributed by atoms with E-state index in [-0.39, 0.29) is 12.5 Å². The summed E-state index contributed by atoms with van der Waals surface area (Å²) in [5, 5.41) is 6.98. The van der Waals surface area contributed by atoms with E-state index < -0.39 is 0 Å². The number of para-hydroxylation sites is 1. The van der Waals surface area contributed by atoms with Crippen LogP contribution in [0.5, 0.6) is 5.75 Å². The smallest absolute Gasteiger partial charge is 0.257 e. The second-order valence-corrected chi connectivity index (χ2v) is 5.98. The first kappa shape index (κ1) is 16.4. The van der Waals surface area contributed by atoms with Gasteiger partial charge in [0, 0.05) is 20.0 Å². The highest BCUT2D eigenvalue weighted by molar-refractivity contribution is 5.97. The Morgan fingerprint density at radius 3 is 3.04 bits per heavy atom. The van der Waals surface area contributed by atoms with Crippen LogP contribution in [0.2, 0.25) is 0 Å². The highest BCUT2D eigenvalue weighted by Crippen LogP contribution is 2.24. The van der Waals surface area contributed by atoms with Crippen LogP contribution in [0.3, 0.4) is 0 Å². The number of amides is 1. The molecule has 0 bridgehead atoms. The molecule has 7 nitrogen and oxygen atoms in total. The molecule has 2 heterocycles. The Kier molecular flexibility index (Phi) is 5.10. The molecule has 1 unspecified atom stereocenters. The van der Waals surface area contributed by atoms with Crippen LogP contribution in [-0.2, 0) is 6.61 Å². The Morgan fingerprint density at radius 1 is 1.46 bits per heavy atom. The minimum atomic E-state index is 0.00787. The van der Waals surface area contributed by atoms with E-state index in [2.05, 4.69) is 15.5 Å². The zero-order valence-corrected chi connectivity index (χ0v) is 14.0. The summed E-state index contributed by atoms with van der Waals surface area (Å²) in [7, 11) is 1.94. The molecule has 0 saturated carbocycles. The van der Waals surface area contributed by atoms with Gasteiger partial charge in [-0.25, -0.2) is 0 Å². The Labute approximate surface area is 141 Å². The number of hydrogen-bond acceptors (Lipinski definition) is 6. The van der Waals surface area contributed by atoms with Gasteiger partial charge >= 0.3 is 0 Å². The third kappa shape index (κ3) is 3.73. The van der Waals surface area contributed by atoms with Crippen LogP contribution in [0.4, 0.5) is 0 Å². The van der Waals surface area contributed by atoms with Crippen LogP contribution in [0.1, 0.15) is 28.5 Å². The molecule has 0 spiro atoms. The van der Waals surface area contributed by atoms with Crippen molar-refractivity contribution < 1.29 is 14.1 Å². The Bertz CT molecular complexity index is 701. The van der Waals surface area contributed by atoms with Gasteiger partial charge in [0.05, 0.1) is 5.56 Å². The molecular weight excluding hydrogens is 308 g/mol. The van der Waals surface area contributed by atoms with Crippen molar-refractivity contribution in [3.05, 3.63) is 41.5 Å². The van der Waals surface area contributed by atoms with Gasteiger partial charge in [-0.1, -0.05) is 17.3 Å². The minimum Gasteiger partial charge on any atom is -0.485 e. The molecule has 1 aliphatic heterocycles. The monoisotopic (exact) mass is 330 g/mol. The fourth-order valence-electron chi connectivity index (χ4n) is 2.95. The fraction of sp³-hybridized carbons (Fsp3) is 0.471. The molecule has 1 N–H and O–H groups in total. The van der Waals surface area contributed by atoms with E-state index in [9.17, 15) is 4.79 Å². The van der Waals surface area contributed by atoms with Crippen LogP contribution in [-0.4, -0.2) is 47.6 Å². The van der Waals surface area contributed by atoms with Crippen molar-refractivity contribution in [2.45, 2.75) is 20.0 Å². The lowest BCUT2D eigenvalue weighted by molar-refractivity contribution is 0.0782. The van der Waals surface area contributed by atoms with Crippen molar-refractivity contribution in [1.82, 2.24) is 20.4 Å². The highest BCUT2D eigenvalue weighted by Gasteiger charge is 2.28. The molecule has 1 amide bonds. The molecule has 2 aromatic rings. The van der Waals surface area contributed by atoms with Gasteiger partial charge in [-0.3, -0.25) is 4.79 Å².